The van der Waals surface area contributed by atoms with E-state index in [1.165, 1.54) is 5.56 Å². The zero-order valence-electron chi connectivity index (χ0n) is 13.9. The van der Waals surface area contributed by atoms with Crippen LogP contribution in [0.5, 0.6) is 0 Å². The molecule has 132 valence electrons. The molecule has 2 N–H and O–H groups in total. The third kappa shape index (κ3) is 4.30. The monoisotopic (exact) mass is 350 g/mol. The standard InChI is InChI=1S/C18H26N2O3S/c21-17(19-22)18(8-12-23-13-9-18)24-20-10-6-16(7-11-20)14-15-4-2-1-3-5-15/h1-5,16,22H,6-14H2,(H,19,21). The van der Waals surface area contributed by atoms with Crippen LogP contribution in [-0.2, 0) is 16.0 Å². The molecule has 0 unspecified atom stereocenters. The van der Waals surface area contributed by atoms with Crippen molar-refractivity contribution in [2.45, 2.75) is 36.9 Å². The molecule has 0 bridgehead atoms. The van der Waals surface area contributed by atoms with Crippen LogP contribution in [0.25, 0.3) is 0 Å². The van der Waals surface area contributed by atoms with Crippen LogP contribution >= 0.6 is 11.9 Å². The lowest BCUT2D eigenvalue weighted by molar-refractivity contribution is -0.134. The molecule has 24 heavy (non-hydrogen) atoms. The average Bonchev–Trinajstić information content (AvgIpc) is 2.64. The number of carbonyl (C=O) groups is 1. The van der Waals surface area contributed by atoms with Crippen molar-refractivity contribution < 1.29 is 14.7 Å². The minimum Gasteiger partial charge on any atom is -0.381 e. The molecule has 1 aromatic rings. The van der Waals surface area contributed by atoms with Crippen molar-refractivity contribution in [2.75, 3.05) is 26.3 Å². The van der Waals surface area contributed by atoms with Gasteiger partial charge < -0.3 is 4.74 Å². The second-order valence-corrected chi connectivity index (χ2v) is 8.18. The highest BCUT2D eigenvalue weighted by Crippen LogP contribution is 2.40. The highest BCUT2D eigenvalue weighted by Gasteiger charge is 2.43. The van der Waals surface area contributed by atoms with Gasteiger partial charge in [0.05, 0.1) is 0 Å². The van der Waals surface area contributed by atoms with Gasteiger partial charge in [-0.2, -0.15) is 0 Å². The van der Waals surface area contributed by atoms with Gasteiger partial charge in [-0.05, 0) is 43.6 Å². The van der Waals surface area contributed by atoms with Crippen LogP contribution in [0, 0.1) is 5.92 Å². The van der Waals surface area contributed by atoms with Crippen molar-refractivity contribution in [3.05, 3.63) is 35.9 Å². The van der Waals surface area contributed by atoms with E-state index in [0.29, 0.717) is 32.0 Å². The summed E-state index contributed by atoms with van der Waals surface area (Å²) in [5, 5.41) is 9.12. The van der Waals surface area contributed by atoms with E-state index in [0.717, 1.165) is 32.4 Å². The lowest BCUT2D eigenvalue weighted by Gasteiger charge is -2.40. The molecular weight excluding hydrogens is 324 g/mol. The van der Waals surface area contributed by atoms with Gasteiger partial charge in [-0.1, -0.05) is 42.3 Å². The van der Waals surface area contributed by atoms with E-state index < -0.39 is 4.75 Å². The first kappa shape index (κ1) is 17.7. The maximum atomic E-state index is 12.2. The van der Waals surface area contributed by atoms with Gasteiger partial charge >= 0.3 is 0 Å². The SMILES string of the molecule is O=C(NO)C1(SN2CCC(Cc3ccccc3)CC2)CCOCC1. The molecule has 2 heterocycles. The first-order valence-corrected chi connectivity index (χ1v) is 9.49. The van der Waals surface area contributed by atoms with E-state index in [-0.39, 0.29) is 5.91 Å². The van der Waals surface area contributed by atoms with Crippen LogP contribution < -0.4 is 5.48 Å². The molecule has 0 aliphatic carbocycles. The van der Waals surface area contributed by atoms with E-state index >= 15 is 0 Å². The molecule has 3 rings (SSSR count). The smallest absolute Gasteiger partial charge is 0.261 e. The summed E-state index contributed by atoms with van der Waals surface area (Å²) in [4.78, 5) is 12.2. The summed E-state index contributed by atoms with van der Waals surface area (Å²) < 4.78 is 7.12. The number of hydrogen-bond acceptors (Lipinski definition) is 5. The first-order valence-electron chi connectivity index (χ1n) is 8.72. The van der Waals surface area contributed by atoms with E-state index in [1.54, 1.807) is 11.9 Å². The Hall–Kier alpha value is -1.08. The van der Waals surface area contributed by atoms with E-state index in [4.69, 9.17) is 9.94 Å². The molecule has 2 saturated heterocycles. The molecule has 0 aromatic heterocycles. The van der Waals surface area contributed by atoms with Crippen molar-refractivity contribution in [1.82, 2.24) is 9.79 Å². The van der Waals surface area contributed by atoms with E-state index in [2.05, 4.69) is 34.6 Å². The number of ether oxygens (including phenoxy) is 1. The van der Waals surface area contributed by atoms with E-state index in [1.807, 2.05) is 5.48 Å². The number of piperidine rings is 1. The molecule has 1 amide bonds. The van der Waals surface area contributed by atoms with Gasteiger partial charge in [0.2, 0.25) is 0 Å². The number of carbonyl (C=O) groups excluding carboxylic acids is 1. The van der Waals surface area contributed by atoms with Crippen LogP contribution in [0.3, 0.4) is 0 Å². The van der Waals surface area contributed by atoms with Crippen molar-refractivity contribution in [2.24, 2.45) is 5.92 Å². The number of benzene rings is 1. The molecule has 1 aromatic carbocycles. The highest BCUT2D eigenvalue weighted by atomic mass is 32.2. The van der Waals surface area contributed by atoms with Crippen LogP contribution in [0.4, 0.5) is 0 Å². The average molecular weight is 350 g/mol. The minimum absolute atomic E-state index is 0.290. The number of nitrogens with one attached hydrogen (secondary N) is 1. The molecule has 0 spiro atoms. The molecular formula is C18H26N2O3S. The number of rotatable bonds is 5. The Kier molecular flexibility index (Phi) is 6.16. The Morgan fingerprint density at radius 2 is 1.92 bits per heavy atom. The predicted octanol–water partition coefficient (Wildman–Crippen LogP) is 2.64. The fraction of sp³-hybridized carbons (Fsp3) is 0.611. The number of hydrogen-bond donors (Lipinski definition) is 2. The predicted molar refractivity (Wildman–Crippen MR) is 94.7 cm³/mol. The highest BCUT2D eigenvalue weighted by molar-refractivity contribution is 7.99. The number of nitrogens with zero attached hydrogens (tertiary/aromatic N) is 1. The number of amides is 1. The van der Waals surface area contributed by atoms with Gasteiger partial charge in [-0.15, -0.1) is 0 Å². The van der Waals surface area contributed by atoms with Crippen molar-refractivity contribution >= 4 is 17.9 Å². The summed E-state index contributed by atoms with van der Waals surface area (Å²) in [6.45, 7) is 3.13. The molecule has 2 aliphatic heterocycles. The lowest BCUT2D eigenvalue weighted by atomic mass is 9.91. The fourth-order valence-electron chi connectivity index (χ4n) is 3.56. The Labute approximate surface area is 147 Å². The Morgan fingerprint density at radius 1 is 1.25 bits per heavy atom. The Morgan fingerprint density at radius 3 is 2.54 bits per heavy atom. The van der Waals surface area contributed by atoms with Crippen molar-refractivity contribution in [3.8, 4) is 0 Å². The van der Waals surface area contributed by atoms with E-state index in [9.17, 15) is 4.79 Å². The summed E-state index contributed by atoms with van der Waals surface area (Å²) in [6, 6.07) is 10.7. The van der Waals surface area contributed by atoms with Crippen LogP contribution in [-0.4, -0.2) is 46.5 Å². The third-order valence-electron chi connectivity index (χ3n) is 5.06. The second kappa shape index (κ2) is 8.34. The van der Waals surface area contributed by atoms with Gasteiger partial charge in [0.1, 0.15) is 4.75 Å². The van der Waals surface area contributed by atoms with Crippen molar-refractivity contribution in [3.63, 3.8) is 0 Å². The lowest BCUT2D eigenvalue weighted by Crippen LogP contribution is -2.49. The maximum absolute atomic E-state index is 12.2. The zero-order chi connectivity index (χ0) is 16.8. The summed E-state index contributed by atoms with van der Waals surface area (Å²) in [7, 11) is 0. The first-order chi connectivity index (χ1) is 11.7. The second-order valence-electron chi connectivity index (χ2n) is 6.70. The summed E-state index contributed by atoms with van der Waals surface area (Å²) in [5.74, 6) is 0.420. The normalized spacial score (nSPS) is 22.2. The molecule has 2 aliphatic rings. The zero-order valence-corrected chi connectivity index (χ0v) is 14.8. The topological polar surface area (TPSA) is 61.8 Å². The molecule has 0 atom stereocenters. The molecule has 2 fully saturated rings. The Bertz CT molecular complexity index is 526. The maximum Gasteiger partial charge on any atom is 0.261 e. The van der Waals surface area contributed by atoms with Gasteiger partial charge in [-0.3, -0.25) is 10.0 Å². The van der Waals surface area contributed by atoms with Crippen molar-refractivity contribution in [1.29, 1.82) is 0 Å². The summed E-state index contributed by atoms with van der Waals surface area (Å²) in [6.07, 6.45) is 4.72. The molecule has 6 heteroatoms. The van der Waals surface area contributed by atoms with Gasteiger partial charge in [0, 0.05) is 26.3 Å². The molecule has 0 radical (unpaired) electrons. The van der Waals surface area contributed by atoms with Gasteiger partial charge in [0.25, 0.3) is 5.91 Å². The Balaban J connectivity index is 1.53. The van der Waals surface area contributed by atoms with Crippen LogP contribution in [0.2, 0.25) is 0 Å². The van der Waals surface area contributed by atoms with Crippen LogP contribution in [0.15, 0.2) is 30.3 Å². The van der Waals surface area contributed by atoms with Gasteiger partial charge in [0.15, 0.2) is 0 Å². The summed E-state index contributed by atoms with van der Waals surface area (Å²) >= 11 is 1.61. The molecule has 5 nitrogen and oxygen atoms in total. The van der Waals surface area contributed by atoms with Gasteiger partial charge in [-0.25, -0.2) is 9.79 Å². The molecule has 0 saturated carbocycles. The quantitative estimate of drug-likeness (QED) is 0.486. The summed E-state index contributed by atoms with van der Waals surface area (Å²) in [5.41, 5.74) is 3.27. The van der Waals surface area contributed by atoms with Crippen LogP contribution in [0.1, 0.15) is 31.2 Å². The minimum atomic E-state index is -0.584. The largest absolute Gasteiger partial charge is 0.381 e. The fourth-order valence-corrected chi connectivity index (χ4v) is 4.93. The third-order valence-corrected chi connectivity index (χ3v) is 6.63. The number of hydroxylamine groups is 1.